The van der Waals surface area contributed by atoms with Crippen molar-refractivity contribution >= 4 is 17.7 Å². The number of nitrogens with zero attached hydrogens (tertiary/aromatic N) is 3. The number of amides is 1. The number of halogens is 2. The molecule has 0 radical (unpaired) electrons. The van der Waals surface area contributed by atoms with Gasteiger partial charge in [0.1, 0.15) is 6.17 Å². The summed E-state index contributed by atoms with van der Waals surface area (Å²) in [6.45, 7) is 0.737. The number of aromatic nitrogens is 1. The number of morpholine rings is 1. The summed E-state index contributed by atoms with van der Waals surface area (Å²) in [5.41, 5.74) is 0.778. The molecule has 10 heteroatoms. The molecule has 4 heterocycles. The van der Waals surface area contributed by atoms with E-state index < -0.39 is 40.9 Å². The predicted molar refractivity (Wildman–Crippen MR) is 120 cm³/mol. The quantitative estimate of drug-likeness (QED) is 0.574. The fraction of sp³-hybridized carbons (Fsp3) is 0.250. The molecule has 1 saturated heterocycles. The van der Waals surface area contributed by atoms with Gasteiger partial charge in [-0.05, 0) is 23.3 Å². The number of hydrogen-bond acceptors (Lipinski definition) is 6. The van der Waals surface area contributed by atoms with Gasteiger partial charge < -0.3 is 14.7 Å². The predicted octanol–water partition coefficient (Wildman–Crippen LogP) is 2.98. The number of carbonyl (C=O) groups is 1. The molecular weight excluding hydrogens is 464 g/mol. The Labute approximate surface area is 197 Å². The van der Waals surface area contributed by atoms with Crippen molar-refractivity contribution in [1.82, 2.24) is 9.58 Å². The molecule has 0 spiro atoms. The molecule has 1 amide bonds. The lowest BCUT2D eigenvalue weighted by Gasteiger charge is -2.51. The first-order valence-electron chi connectivity index (χ1n) is 10.8. The maximum absolute atomic E-state index is 15.1. The highest BCUT2D eigenvalue weighted by Gasteiger charge is 2.46. The zero-order chi connectivity index (χ0) is 23.6. The molecule has 174 valence electrons. The molecule has 34 heavy (non-hydrogen) atoms. The van der Waals surface area contributed by atoms with E-state index in [1.54, 1.807) is 11.0 Å². The molecule has 2 atom stereocenters. The summed E-state index contributed by atoms with van der Waals surface area (Å²) < 4.78 is 36.5. The van der Waals surface area contributed by atoms with Gasteiger partial charge in [-0.2, -0.15) is 0 Å². The first-order chi connectivity index (χ1) is 16.5. The summed E-state index contributed by atoms with van der Waals surface area (Å²) in [5, 5.41) is 12.4. The fourth-order valence-corrected chi connectivity index (χ4v) is 6.10. The number of fused-ring (bicyclic) bond motifs is 4. The summed E-state index contributed by atoms with van der Waals surface area (Å²) in [6.07, 6.45) is 0.833. The van der Waals surface area contributed by atoms with Crippen molar-refractivity contribution in [2.24, 2.45) is 0 Å². The summed E-state index contributed by atoms with van der Waals surface area (Å²) in [6, 6.07) is 10.8. The Morgan fingerprint density at radius 1 is 1.06 bits per heavy atom. The van der Waals surface area contributed by atoms with E-state index in [9.17, 15) is 19.1 Å². The van der Waals surface area contributed by atoms with Crippen LogP contribution in [0, 0.1) is 11.6 Å². The normalized spacial score (nSPS) is 21.3. The molecule has 3 aliphatic heterocycles. The number of pyridine rings is 1. The van der Waals surface area contributed by atoms with E-state index in [-0.39, 0.29) is 30.2 Å². The molecular formula is C24H19F2N3O4S. The Bertz CT molecular complexity index is 1400. The van der Waals surface area contributed by atoms with Crippen molar-refractivity contribution in [2.45, 2.75) is 22.9 Å². The van der Waals surface area contributed by atoms with Gasteiger partial charge >= 0.3 is 0 Å². The van der Waals surface area contributed by atoms with Crippen molar-refractivity contribution in [3.8, 4) is 5.75 Å². The highest BCUT2D eigenvalue weighted by atomic mass is 32.2. The minimum absolute atomic E-state index is 0.163. The Morgan fingerprint density at radius 3 is 2.74 bits per heavy atom. The molecule has 1 fully saturated rings. The van der Waals surface area contributed by atoms with Gasteiger partial charge in [-0.25, -0.2) is 8.78 Å². The fourth-order valence-electron chi connectivity index (χ4n) is 4.98. The molecule has 6 rings (SSSR count). The van der Waals surface area contributed by atoms with Crippen molar-refractivity contribution in [3.05, 3.63) is 92.9 Å². The number of rotatable bonds is 1. The highest BCUT2D eigenvalue weighted by molar-refractivity contribution is 7.98. The smallest absolute Gasteiger partial charge is 0.278 e. The van der Waals surface area contributed by atoms with Crippen molar-refractivity contribution in [3.63, 3.8) is 0 Å². The molecule has 0 saturated carbocycles. The monoisotopic (exact) mass is 483 g/mol. The Balaban J connectivity index is 1.67. The Kier molecular flexibility index (Phi) is 4.89. The van der Waals surface area contributed by atoms with E-state index in [4.69, 9.17) is 4.74 Å². The van der Waals surface area contributed by atoms with Crippen molar-refractivity contribution in [1.29, 1.82) is 0 Å². The first-order valence-corrected chi connectivity index (χ1v) is 11.8. The largest absolute Gasteiger partial charge is 0.502 e. The molecule has 3 aromatic rings. The summed E-state index contributed by atoms with van der Waals surface area (Å²) in [7, 11) is 0. The van der Waals surface area contributed by atoms with Gasteiger partial charge in [0.15, 0.2) is 23.1 Å². The van der Waals surface area contributed by atoms with Crippen LogP contribution >= 0.6 is 11.8 Å². The number of benzene rings is 2. The summed E-state index contributed by atoms with van der Waals surface area (Å²) in [4.78, 5) is 28.0. The number of hydrogen-bond donors (Lipinski definition) is 1. The van der Waals surface area contributed by atoms with Crippen LogP contribution in [0.1, 0.15) is 33.2 Å². The molecule has 1 N–H and O–H groups in total. The van der Waals surface area contributed by atoms with Crippen LogP contribution in [0.25, 0.3) is 0 Å². The minimum Gasteiger partial charge on any atom is -0.502 e. The number of carbonyl (C=O) groups excluding carboxylic acids is 1. The maximum Gasteiger partial charge on any atom is 0.278 e. The van der Waals surface area contributed by atoms with Gasteiger partial charge in [0.25, 0.3) is 5.91 Å². The third kappa shape index (κ3) is 2.98. The van der Waals surface area contributed by atoms with Gasteiger partial charge in [0, 0.05) is 35.0 Å². The third-order valence-corrected chi connectivity index (χ3v) is 7.67. The lowest BCUT2D eigenvalue weighted by molar-refractivity contribution is -0.0197. The lowest BCUT2D eigenvalue weighted by atomic mass is 9.93. The Hall–Kier alpha value is -3.37. The lowest BCUT2D eigenvalue weighted by Crippen LogP contribution is -2.66. The average molecular weight is 483 g/mol. The van der Waals surface area contributed by atoms with E-state index in [1.165, 1.54) is 28.7 Å². The van der Waals surface area contributed by atoms with Crippen molar-refractivity contribution < 1.29 is 23.4 Å². The number of aromatic hydroxyl groups is 1. The molecule has 7 nitrogen and oxygen atoms in total. The van der Waals surface area contributed by atoms with Crippen LogP contribution in [0.15, 0.2) is 58.4 Å². The van der Waals surface area contributed by atoms with Crippen LogP contribution in [0.5, 0.6) is 5.75 Å². The molecule has 0 unspecified atom stereocenters. The van der Waals surface area contributed by atoms with E-state index in [2.05, 4.69) is 0 Å². The van der Waals surface area contributed by atoms with Crippen LogP contribution in [0.3, 0.4) is 0 Å². The highest BCUT2D eigenvalue weighted by Crippen LogP contribution is 2.45. The minimum atomic E-state index is -0.929. The van der Waals surface area contributed by atoms with Crippen LogP contribution in [-0.2, 0) is 10.5 Å². The average Bonchev–Trinajstić information content (AvgIpc) is 3.01. The zero-order valence-corrected chi connectivity index (χ0v) is 18.6. The van der Waals surface area contributed by atoms with E-state index in [0.29, 0.717) is 12.2 Å². The second-order valence-electron chi connectivity index (χ2n) is 8.31. The second kappa shape index (κ2) is 7.85. The molecule has 2 aromatic carbocycles. The van der Waals surface area contributed by atoms with Gasteiger partial charge in [-0.15, -0.1) is 11.8 Å². The summed E-state index contributed by atoms with van der Waals surface area (Å²) >= 11 is 1.41. The zero-order valence-electron chi connectivity index (χ0n) is 17.8. The van der Waals surface area contributed by atoms with Crippen molar-refractivity contribution in [2.75, 3.05) is 24.8 Å². The van der Waals surface area contributed by atoms with Gasteiger partial charge in [-0.3, -0.25) is 19.3 Å². The van der Waals surface area contributed by atoms with Gasteiger partial charge in [-0.1, -0.05) is 24.3 Å². The first kappa shape index (κ1) is 21.2. The van der Waals surface area contributed by atoms with E-state index >= 15 is 4.39 Å². The number of thioether (sulfide) groups is 1. The third-order valence-electron chi connectivity index (χ3n) is 6.55. The van der Waals surface area contributed by atoms with Gasteiger partial charge in [0.05, 0.1) is 19.3 Å². The SMILES string of the molecule is O=C1c2c(O)c(=O)ccn2N([C@@H]2c3ccccc3SCc3c2ccc(F)c3F)[C@H]2COCCN12. The van der Waals surface area contributed by atoms with Crippen LogP contribution in [0.2, 0.25) is 0 Å². The van der Waals surface area contributed by atoms with E-state index in [1.807, 2.05) is 29.3 Å². The standard InChI is InChI=1S/C24H19F2N3O4S/c25-16-6-5-13-15(20(16)26)12-34-18-4-2-1-3-14(18)21(13)29-19-11-33-10-9-27(19)24(32)22-23(31)17(30)7-8-28(22)29/h1-8,19,21,31H,9-12H2/t19-,21-/m0/s1. The Morgan fingerprint density at radius 2 is 1.88 bits per heavy atom. The molecule has 3 aliphatic rings. The maximum atomic E-state index is 15.1. The van der Waals surface area contributed by atoms with Crippen LogP contribution < -0.4 is 10.4 Å². The topological polar surface area (TPSA) is 75.0 Å². The molecule has 0 bridgehead atoms. The van der Waals surface area contributed by atoms with Crippen LogP contribution in [0.4, 0.5) is 8.78 Å². The molecule has 0 aliphatic carbocycles. The number of ether oxygens (including phenoxy) is 1. The van der Waals surface area contributed by atoms with Crippen LogP contribution in [-0.4, -0.2) is 46.5 Å². The van der Waals surface area contributed by atoms with Gasteiger partial charge in [0.2, 0.25) is 5.43 Å². The summed E-state index contributed by atoms with van der Waals surface area (Å²) in [5.74, 6) is -2.74. The molecule has 1 aromatic heterocycles. The second-order valence-corrected chi connectivity index (χ2v) is 9.33. The van der Waals surface area contributed by atoms with E-state index in [0.717, 1.165) is 16.5 Å².